The van der Waals surface area contributed by atoms with Gasteiger partial charge in [-0.25, -0.2) is 0 Å². The molecule has 0 amide bonds. The van der Waals surface area contributed by atoms with Crippen LogP contribution < -0.4 is 11.3 Å². The van der Waals surface area contributed by atoms with Crippen molar-refractivity contribution in [3.8, 4) is 0 Å². The van der Waals surface area contributed by atoms with Crippen LogP contribution in [0.2, 0.25) is 0 Å². The highest BCUT2D eigenvalue weighted by Crippen LogP contribution is 2.24. The zero-order valence-electron chi connectivity index (χ0n) is 11.4. The lowest BCUT2D eigenvalue weighted by Crippen LogP contribution is -2.40. The second-order valence-corrected chi connectivity index (χ2v) is 7.24. The van der Waals surface area contributed by atoms with Crippen molar-refractivity contribution in [2.75, 3.05) is 5.75 Å². The van der Waals surface area contributed by atoms with Gasteiger partial charge in [-0.05, 0) is 13.0 Å². The summed E-state index contributed by atoms with van der Waals surface area (Å²) < 4.78 is 2.21. The molecule has 0 saturated carbocycles. The van der Waals surface area contributed by atoms with E-state index >= 15 is 0 Å². The van der Waals surface area contributed by atoms with Crippen LogP contribution in [-0.4, -0.2) is 26.3 Å². The summed E-state index contributed by atoms with van der Waals surface area (Å²) in [5.74, 6) is 6.62. The Kier molecular flexibility index (Phi) is 5.04. The number of aromatic nitrogens is 2. The van der Waals surface area contributed by atoms with Gasteiger partial charge < -0.3 is 0 Å². The van der Waals surface area contributed by atoms with Gasteiger partial charge in [0.25, 0.3) is 0 Å². The predicted molar refractivity (Wildman–Crippen MR) is 75.0 cm³/mol. The first kappa shape index (κ1) is 14.5. The van der Waals surface area contributed by atoms with Gasteiger partial charge in [-0.3, -0.25) is 16.0 Å². The molecule has 0 bridgehead atoms. The third-order valence-electron chi connectivity index (χ3n) is 2.51. The van der Waals surface area contributed by atoms with Crippen molar-refractivity contribution in [3.05, 3.63) is 17.5 Å². The second kappa shape index (κ2) is 5.89. The predicted octanol–water partition coefficient (Wildman–Crippen LogP) is 1.63. The summed E-state index contributed by atoms with van der Waals surface area (Å²) in [7, 11) is 1.98. The molecule has 17 heavy (non-hydrogen) atoms. The van der Waals surface area contributed by atoms with Gasteiger partial charge >= 0.3 is 0 Å². The maximum absolute atomic E-state index is 5.61. The third-order valence-corrected chi connectivity index (χ3v) is 3.94. The molecule has 1 heterocycles. The minimum atomic E-state index is 0.275. The van der Waals surface area contributed by atoms with Crippen molar-refractivity contribution >= 4 is 11.8 Å². The van der Waals surface area contributed by atoms with Gasteiger partial charge in [-0.1, -0.05) is 20.8 Å². The Morgan fingerprint density at radius 3 is 2.59 bits per heavy atom. The lowest BCUT2D eigenvalue weighted by Gasteiger charge is -2.22. The summed E-state index contributed by atoms with van der Waals surface area (Å²) in [6.45, 7) is 8.68. The molecule has 5 heteroatoms. The first-order valence-corrected chi connectivity index (χ1v) is 6.90. The summed E-state index contributed by atoms with van der Waals surface area (Å²) in [4.78, 5) is 0. The van der Waals surface area contributed by atoms with Crippen LogP contribution in [0.15, 0.2) is 6.07 Å². The quantitative estimate of drug-likeness (QED) is 0.621. The minimum Gasteiger partial charge on any atom is -0.272 e. The summed E-state index contributed by atoms with van der Waals surface area (Å²) in [5.41, 5.74) is 5.18. The molecule has 1 aromatic heterocycles. The topological polar surface area (TPSA) is 55.9 Å². The first-order valence-electron chi connectivity index (χ1n) is 5.91. The lowest BCUT2D eigenvalue weighted by atomic mass is 10.2. The highest BCUT2D eigenvalue weighted by molar-refractivity contribution is 8.00. The number of hydrogen-bond acceptors (Lipinski definition) is 4. The van der Waals surface area contributed by atoms with Gasteiger partial charge in [-0.15, -0.1) is 0 Å². The van der Waals surface area contributed by atoms with Crippen LogP contribution in [0, 0.1) is 6.92 Å². The molecule has 3 N–H and O–H groups in total. The highest BCUT2D eigenvalue weighted by atomic mass is 32.2. The monoisotopic (exact) mass is 256 g/mol. The minimum absolute atomic E-state index is 0.275. The Morgan fingerprint density at radius 2 is 2.18 bits per heavy atom. The standard InChI is InChI=1S/C12H24N4S/c1-9-6-11(16(5)15-9)7-10(14-13)8-17-12(2,3)4/h6,10,14H,7-8,13H2,1-5H3. The number of aryl methyl sites for hydroxylation is 2. The molecule has 0 radical (unpaired) electrons. The zero-order chi connectivity index (χ0) is 13.1. The fourth-order valence-electron chi connectivity index (χ4n) is 1.62. The van der Waals surface area contributed by atoms with E-state index in [4.69, 9.17) is 5.84 Å². The molecule has 0 aliphatic heterocycles. The van der Waals surface area contributed by atoms with Crippen LogP contribution in [0.1, 0.15) is 32.2 Å². The summed E-state index contributed by atoms with van der Waals surface area (Å²) in [6.07, 6.45) is 0.914. The summed E-state index contributed by atoms with van der Waals surface area (Å²) in [6, 6.07) is 2.40. The molecule has 1 rings (SSSR count). The average Bonchev–Trinajstić information content (AvgIpc) is 2.50. The molecule has 1 unspecified atom stereocenters. The number of nitrogens with two attached hydrogens (primary N) is 1. The van der Waals surface area contributed by atoms with E-state index in [0.717, 1.165) is 17.9 Å². The van der Waals surface area contributed by atoms with Crippen LogP contribution in [0.25, 0.3) is 0 Å². The van der Waals surface area contributed by atoms with E-state index in [1.807, 2.05) is 30.4 Å². The SMILES string of the molecule is Cc1cc(CC(CSC(C)(C)C)NN)n(C)n1. The Balaban J connectivity index is 2.55. The number of hydrogen-bond donors (Lipinski definition) is 2. The molecule has 98 valence electrons. The first-order chi connectivity index (χ1) is 7.81. The van der Waals surface area contributed by atoms with E-state index in [0.29, 0.717) is 0 Å². The van der Waals surface area contributed by atoms with Crippen LogP contribution in [-0.2, 0) is 13.5 Å². The molecule has 1 atom stereocenters. The van der Waals surface area contributed by atoms with Crippen molar-refractivity contribution in [3.63, 3.8) is 0 Å². The fourth-order valence-corrected chi connectivity index (χ4v) is 2.54. The number of rotatable bonds is 5. The van der Waals surface area contributed by atoms with E-state index in [1.165, 1.54) is 5.69 Å². The van der Waals surface area contributed by atoms with E-state index in [-0.39, 0.29) is 10.8 Å². The zero-order valence-corrected chi connectivity index (χ0v) is 12.3. The molecular weight excluding hydrogens is 232 g/mol. The van der Waals surface area contributed by atoms with Gasteiger partial charge in [0.1, 0.15) is 0 Å². The van der Waals surface area contributed by atoms with E-state index in [2.05, 4.69) is 37.4 Å². The van der Waals surface area contributed by atoms with Gasteiger partial charge in [0.2, 0.25) is 0 Å². The third kappa shape index (κ3) is 5.10. The molecule has 0 aliphatic rings. The van der Waals surface area contributed by atoms with Gasteiger partial charge in [0.05, 0.1) is 5.69 Å². The number of thioether (sulfide) groups is 1. The number of nitrogens with one attached hydrogen (secondary N) is 1. The average molecular weight is 256 g/mol. The molecule has 0 spiro atoms. The summed E-state index contributed by atoms with van der Waals surface area (Å²) in [5, 5.41) is 4.35. The Bertz CT molecular complexity index is 354. The maximum Gasteiger partial charge on any atom is 0.0596 e. The molecule has 0 aromatic carbocycles. The van der Waals surface area contributed by atoms with Crippen LogP contribution >= 0.6 is 11.8 Å². The molecule has 0 aliphatic carbocycles. The highest BCUT2D eigenvalue weighted by Gasteiger charge is 2.16. The molecule has 4 nitrogen and oxygen atoms in total. The smallest absolute Gasteiger partial charge is 0.0596 e. The normalized spacial score (nSPS) is 14.0. The molecular formula is C12H24N4S. The molecule has 0 fully saturated rings. The fraction of sp³-hybridized carbons (Fsp3) is 0.750. The Hall–Kier alpha value is -0.520. The van der Waals surface area contributed by atoms with Crippen molar-refractivity contribution in [1.82, 2.24) is 15.2 Å². The van der Waals surface area contributed by atoms with Crippen LogP contribution in [0.4, 0.5) is 0 Å². The van der Waals surface area contributed by atoms with E-state index in [9.17, 15) is 0 Å². The molecule has 0 saturated heterocycles. The van der Waals surface area contributed by atoms with E-state index < -0.39 is 0 Å². The lowest BCUT2D eigenvalue weighted by molar-refractivity contribution is 0.549. The Morgan fingerprint density at radius 1 is 1.53 bits per heavy atom. The summed E-state index contributed by atoms with van der Waals surface area (Å²) >= 11 is 1.93. The van der Waals surface area contributed by atoms with Crippen LogP contribution in [0.3, 0.4) is 0 Å². The molecule has 1 aromatic rings. The van der Waals surface area contributed by atoms with Crippen molar-refractivity contribution < 1.29 is 0 Å². The van der Waals surface area contributed by atoms with Gasteiger partial charge in [0.15, 0.2) is 0 Å². The Labute approximate surface area is 108 Å². The van der Waals surface area contributed by atoms with E-state index in [1.54, 1.807) is 0 Å². The maximum atomic E-state index is 5.61. The van der Waals surface area contributed by atoms with Gasteiger partial charge in [-0.2, -0.15) is 16.9 Å². The van der Waals surface area contributed by atoms with Crippen LogP contribution in [0.5, 0.6) is 0 Å². The number of hydrazine groups is 1. The largest absolute Gasteiger partial charge is 0.272 e. The number of nitrogens with zero attached hydrogens (tertiary/aromatic N) is 2. The van der Waals surface area contributed by atoms with Crippen molar-refractivity contribution in [1.29, 1.82) is 0 Å². The second-order valence-electron chi connectivity index (χ2n) is 5.39. The van der Waals surface area contributed by atoms with Crippen molar-refractivity contribution in [2.45, 2.75) is 44.9 Å². The van der Waals surface area contributed by atoms with Crippen molar-refractivity contribution in [2.24, 2.45) is 12.9 Å². The van der Waals surface area contributed by atoms with Gasteiger partial charge in [0, 0.05) is 35.7 Å².